The monoisotopic (exact) mass is 745 g/mol. The van der Waals surface area contributed by atoms with Crippen molar-refractivity contribution in [2.75, 3.05) is 0 Å². The largest absolute Gasteiger partial charge is 0.454 e. The molecule has 0 fully saturated rings. The van der Waals surface area contributed by atoms with E-state index in [0.29, 0.717) is 5.82 Å². The Bertz CT molecular complexity index is 3520. The molecule has 12 aromatic rings. The van der Waals surface area contributed by atoms with Crippen molar-refractivity contribution in [3.8, 4) is 50.7 Å². The van der Waals surface area contributed by atoms with Gasteiger partial charge in [-0.25, -0.2) is 9.97 Å². The second-order valence-electron chi connectivity index (χ2n) is 14.5. The van der Waals surface area contributed by atoms with Crippen LogP contribution in [0.25, 0.3) is 115 Å². The average Bonchev–Trinajstić information content (AvgIpc) is 3.97. The van der Waals surface area contributed by atoms with Gasteiger partial charge in [0.15, 0.2) is 11.4 Å². The molecule has 0 atom stereocenters. The molecule has 0 aliphatic heterocycles. The van der Waals surface area contributed by atoms with Crippen molar-refractivity contribution in [2.24, 2.45) is 0 Å². The first kappa shape index (κ1) is 32.0. The fourth-order valence-corrected chi connectivity index (χ4v) is 9.96. The summed E-state index contributed by atoms with van der Waals surface area (Å²) in [4.78, 5) is 10.5. The second-order valence-corrected chi connectivity index (χ2v) is 15.5. The van der Waals surface area contributed by atoms with E-state index >= 15 is 0 Å². The van der Waals surface area contributed by atoms with Gasteiger partial charge in [-0.15, -0.1) is 11.3 Å². The van der Waals surface area contributed by atoms with E-state index in [-0.39, 0.29) is 0 Å². The van der Waals surface area contributed by atoms with Gasteiger partial charge in [-0.3, -0.25) is 0 Å². The number of nitrogens with zero attached hydrogens (tertiary/aromatic N) is 3. The lowest BCUT2D eigenvalue weighted by molar-refractivity contribution is 0.666. The Hall–Kier alpha value is -7.34. The lowest BCUT2D eigenvalue weighted by Crippen LogP contribution is -1.96. The number of aromatic nitrogens is 3. The molecule has 0 spiro atoms. The van der Waals surface area contributed by atoms with Gasteiger partial charge in [-0.05, 0) is 41.5 Å². The minimum absolute atomic E-state index is 0.702. The number of benzene rings is 8. The highest BCUT2D eigenvalue weighted by molar-refractivity contribution is 7.27. The molecule has 0 aliphatic rings. The molecular formula is C52H31N3OS. The van der Waals surface area contributed by atoms with Gasteiger partial charge in [-0.1, -0.05) is 158 Å². The molecule has 0 saturated carbocycles. The molecule has 266 valence electrons. The maximum atomic E-state index is 6.65. The zero-order chi connectivity index (χ0) is 37.5. The van der Waals surface area contributed by atoms with Gasteiger partial charge in [0.25, 0.3) is 0 Å². The number of fused-ring (bicyclic) bond motifs is 10. The van der Waals surface area contributed by atoms with Crippen molar-refractivity contribution < 1.29 is 4.42 Å². The van der Waals surface area contributed by atoms with Gasteiger partial charge < -0.3 is 8.98 Å². The van der Waals surface area contributed by atoms with Crippen molar-refractivity contribution in [1.29, 1.82) is 0 Å². The molecule has 0 bridgehead atoms. The minimum atomic E-state index is 0.702. The van der Waals surface area contributed by atoms with Gasteiger partial charge in [-0.2, -0.15) is 0 Å². The van der Waals surface area contributed by atoms with Gasteiger partial charge in [0.2, 0.25) is 0 Å². The van der Waals surface area contributed by atoms with Crippen LogP contribution >= 0.6 is 11.3 Å². The smallest absolute Gasteiger partial charge is 0.160 e. The van der Waals surface area contributed by atoms with E-state index in [2.05, 4.69) is 168 Å². The Morgan fingerprint density at radius 3 is 1.93 bits per heavy atom. The first-order chi connectivity index (χ1) is 28.3. The van der Waals surface area contributed by atoms with Crippen LogP contribution in [0.4, 0.5) is 0 Å². The van der Waals surface area contributed by atoms with Crippen LogP contribution in [0.15, 0.2) is 192 Å². The maximum absolute atomic E-state index is 6.65. The summed E-state index contributed by atoms with van der Waals surface area (Å²) < 4.78 is 11.5. The summed E-state index contributed by atoms with van der Waals surface area (Å²) >= 11 is 1.84. The lowest BCUT2D eigenvalue weighted by Gasteiger charge is -2.11. The molecule has 0 unspecified atom stereocenters. The van der Waals surface area contributed by atoms with E-state index in [9.17, 15) is 0 Å². The van der Waals surface area contributed by atoms with E-state index < -0.39 is 0 Å². The quantitative estimate of drug-likeness (QED) is 0.176. The Morgan fingerprint density at radius 1 is 0.421 bits per heavy atom. The number of hydrogen-bond donors (Lipinski definition) is 0. The molecule has 4 nitrogen and oxygen atoms in total. The predicted octanol–water partition coefficient (Wildman–Crippen LogP) is 14.5. The van der Waals surface area contributed by atoms with Crippen LogP contribution in [0.1, 0.15) is 0 Å². The fourth-order valence-electron chi connectivity index (χ4n) is 8.60. The standard InChI is InChI=1S/C52H31N3OS/c1-3-14-32(15-4-1)34-18-11-19-35(30-34)43-31-44(54-52(53-43)33-16-5-2-6-17-33)42-24-12-23-40-41-29-28-38-36-20-7-9-25-45(36)55(48(38)51(41)57-50(40)42)46-26-13-22-39-37-21-8-10-27-47(37)56-49(39)46/h1-31H. The molecule has 57 heavy (non-hydrogen) atoms. The van der Waals surface area contributed by atoms with Crippen LogP contribution in [0.5, 0.6) is 0 Å². The summed E-state index contributed by atoms with van der Waals surface area (Å²) in [6.07, 6.45) is 0. The maximum Gasteiger partial charge on any atom is 0.160 e. The second kappa shape index (κ2) is 12.6. The summed E-state index contributed by atoms with van der Waals surface area (Å²) in [7, 11) is 0. The Labute approximate surface area is 331 Å². The first-order valence-corrected chi connectivity index (χ1v) is 20.0. The molecule has 0 radical (unpaired) electrons. The molecule has 4 heterocycles. The van der Waals surface area contributed by atoms with Crippen LogP contribution in [-0.4, -0.2) is 14.5 Å². The number of rotatable bonds is 5. The van der Waals surface area contributed by atoms with Crippen LogP contribution in [0.3, 0.4) is 0 Å². The Balaban J connectivity index is 1.12. The predicted molar refractivity (Wildman–Crippen MR) is 238 cm³/mol. The van der Waals surface area contributed by atoms with Crippen molar-refractivity contribution in [3.63, 3.8) is 0 Å². The van der Waals surface area contributed by atoms with Gasteiger partial charge in [0.05, 0.1) is 32.8 Å². The van der Waals surface area contributed by atoms with E-state index in [1.54, 1.807) is 0 Å². The van der Waals surface area contributed by atoms with Crippen LogP contribution < -0.4 is 0 Å². The van der Waals surface area contributed by atoms with Crippen molar-refractivity contribution in [1.82, 2.24) is 14.5 Å². The minimum Gasteiger partial charge on any atom is -0.454 e. The van der Waals surface area contributed by atoms with Gasteiger partial charge in [0, 0.05) is 53.7 Å². The molecular weight excluding hydrogens is 715 g/mol. The van der Waals surface area contributed by atoms with E-state index in [1.807, 2.05) is 35.6 Å². The highest BCUT2D eigenvalue weighted by Crippen LogP contribution is 2.47. The summed E-state index contributed by atoms with van der Waals surface area (Å²) in [6, 6.07) is 66.4. The Kier molecular flexibility index (Phi) is 7.06. The highest BCUT2D eigenvalue weighted by Gasteiger charge is 2.22. The van der Waals surface area contributed by atoms with Crippen LogP contribution in [0.2, 0.25) is 0 Å². The van der Waals surface area contributed by atoms with Gasteiger partial charge >= 0.3 is 0 Å². The SMILES string of the molecule is c1ccc(-c2cccc(-c3cc(-c4cccc5c4sc4c5ccc5c6ccccc6n(-c6cccc7c6oc6ccccc67)c54)nc(-c4ccccc4)n3)c2)cc1. The number of furan rings is 1. The number of hydrogen-bond acceptors (Lipinski definition) is 4. The molecule has 0 saturated heterocycles. The molecule has 12 rings (SSSR count). The van der Waals surface area contributed by atoms with Crippen LogP contribution in [0, 0.1) is 0 Å². The zero-order valence-corrected chi connectivity index (χ0v) is 31.4. The lowest BCUT2D eigenvalue weighted by atomic mass is 10.00. The summed E-state index contributed by atoms with van der Waals surface area (Å²) in [5.41, 5.74) is 12.4. The zero-order valence-electron chi connectivity index (χ0n) is 30.6. The normalized spacial score (nSPS) is 11.9. The molecule has 8 aromatic carbocycles. The van der Waals surface area contributed by atoms with E-state index in [0.717, 1.165) is 66.8 Å². The first-order valence-electron chi connectivity index (χ1n) is 19.2. The van der Waals surface area contributed by atoms with Crippen molar-refractivity contribution >= 4 is 75.3 Å². The van der Waals surface area contributed by atoms with E-state index in [1.165, 1.54) is 42.0 Å². The molecule has 0 amide bonds. The van der Waals surface area contributed by atoms with Crippen molar-refractivity contribution in [2.45, 2.75) is 0 Å². The van der Waals surface area contributed by atoms with Crippen molar-refractivity contribution in [3.05, 3.63) is 188 Å². The summed E-state index contributed by atoms with van der Waals surface area (Å²) in [6.45, 7) is 0. The highest BCUT2D eigenvalue weighted by atomic mass is 32.1. The number of para-hydroxylation sites is 3. The fraction of sp³-hybridized carbons (Fsp3) is 0. The summed E-state index contributed by atoms with van der Waals surface area (Å²) in [5, 5.41) is 7.10. The van der Waals surface area contributed by atoms with Crippen LogP contribution in [-0.2, 0) is 0 Å². The average molecular weight is 746 g/mol. The third-order valence-electron chi connectivity index (χ3n) is 11.2. The van der Waals surface area contributed by atoms with E-state index in [4.69, 9.17) is 14.4 Å². The molecule has 4 aromatic heterocycles. The van der Waals surface area contributed by atoms with Gasteiger partial charge in [0.1, 0.15) is 5.58 Å². The molecule has 0 N–H and O–H groups in total. The topological polar surface area (TPSA) is 43.9 Å². The summed E-state index contributed by atoms with van der Waals surface area (Å²) in [5.74, 6) is 0.702. The number of thiophene rings is 1. The third-order valence-corrected chi connectivity index (χ3v) is 12.5. The Morgan fingerprint density at radius 2 is 1.05 bits per heavy atom. The molecule has 5 heteroatoms. The molecule has 0 aliphatic carbocycles. The third kappa shape index (κ3) is 4.99.